The number of aliphatic hydroxyl groups excluding tert-OH is 1. The Morgan fingerprint density at radius 1 is 1.43 bits per heavy atom. The third kappa shape index (κ3) is 3.38. The Morgan fingerprint density at radius 2 is 2.26 bits per heavy atom. The number of amides is 1. The first-order valence-electron chi connectivity index (χ1n) is 8.08. The predicted molar refractivity (Wildman–Crippen MR) is 82.3 cm³/mol. The summed E-state index contributed by atoms with van der Waals surface area (Å²) in [6.07, 6.45) is 1.40. The zero-order valence-corrected chi connectivity index (χ0v) is 13.0. The molecule has 23 heavy (non-hydrogen) atoms. The third-order valence-corrected chi connectivity index (χ3v) is 4.93. The number of rotatable bonds is 4. The number of fused-ring (bicyclic) bond motifs is 1. The molecule has 1 unspecified atom stereocenters. The number of benzene rings is 1. The van der Waals surface area contributed by atoms with Crippen LogP contribution >= 0.6 is 0 Å². The zero-order chi connectivity index (χ0) is 16.4. The van der Waals surface area contributed by atoms with Crippen molar-refractivity contribution in [3.63, 3.8) is 0 Å². The van der Waals surface area contributed by atoms with Crippen molar-refractivity contribution >= 4 is 5.91 Å². The lowest BCUT2D eigenvalue weighted by atomic mass is 9.93. The molecule has 0 aromatic heterocycles. The number of likely N-dealkylation sites (tertiary alicyclic amines) is 1. The second-order valence-corrected chi connectivity index (χ2v) is 6.40. The number of nitrogens with zero attached hydrogens (tertiary/aromatic N) is 1. The van der Waals surface area contributed by atoms with Gasteiger partial charge in [0.1, 0.15) is 6.61 Å². The maximum absolute atomic E-state index is 13.6. The molecule has 2 N–H and O–H groups in total. The van der Waals surface area contributed by atoms with E-state index in [9.17, 15) is 13.6 Å². The fourth-order valence-electron chi connectivity index (χ4n) is 3.51. The zero-order valence-electron chi connectivity index (χ0n) is 13.0. The van der Waals surface area contributed by atoms with Gasteiger partial charge in [0.25, 0.3) is 5.92 Å². The number of carbonyl (C=O) groups excluding carboxylic acids is 1. The summed E-state index contributed by atoms with van der Waals surface area (Å²) >= 11 is 0. The Morgan fingerprint density at radius 3 is 3.04 bits per heavy atom. The monoisotopic (exact) mass is 324 g/mol. The molecule has 126 valence electrons. The second kappa shape index (κ2) is 6.53. The summed E-state index contributed by atoms with van der Waals surface area (Å²) in [4.78, 5) is 14.0. The molecule has 2 aliphatic heterocycles. The lowest BCUT2D eigenvalue weighted by molar-refractivity contribution is -0.131. The summed E-state index contributed by atoms with van der Waals surface area (Å²) in [6.45, 7) is 0.927. The maximum atomic E-state index is 13.6. The van der Waals surface area contributed by atoms with Crippen molar-refractivity contribution in [1.29, 1.82) is 0 Å². The van der Waals surface area contributed by atoms with Gasteiger partial charge >= 0.3 is 0 Å². The van der Waals surface area contributed by atoms with Crippen LogP contribution in [0.2, 0.25) is 0 Å². The van der Waals surface area contributed by atoms with Gasteiger partial charge in [0, 0.05) is 25.6 Å². The first-order chi connectivity index (χ1) is 11.0. The highest BCUT2D eigenvalue weighted by molar-refractivity contribution is 5.79. The predicted octanol–water partition coefficient (Wildman–Crippen LogP) is 1.35. The van der Waals surface area contributed by atoms with Crippen LogP contribution in [0.1, 0.15) is 23.1 Å². The van der Waals surface area contributed by atoms with Gasteiger partial charge in [-0.2, -0.15) is 0 Å². The van der Waals surface area contributed by atoms with Gasteiger partial charge in [0.2, 0.25) is 5.91 Å². The number of hydrogen-bond donors (Lipinski definition) is 2. The number of carbonyl (C=O) groups is 1. The van der Waals surface area contributed by atoms with Crippen LogP contribution in [0.5, 0.6) is 0 Å². The normalized spacial score (nSPS) is 21.3. The molecule has 2 aliphatic rings. The van der Waals surface area contributed by atoms with E-state index in [2.05, 4.69) is 11.4 Å². The van der Waals surface area contributed by atoms with Gasteiger partial charge in [-0.25, -0.2) is 8.78 Å². The van der Waals surface area contributed by atoms with E-state index in [1.54, 1.807) is 0 Å². The molecule has 0 bridgehead atoms. The highest BCUT2D eigenvalue weighted by Gasteiger charge is 2.43. The van der Waals surface area contributed by atoms with Crippen LogP contribution in [-0.4, -0.2) is 48.1 Å². The third-order valence-electron chi connectivity index (χ3n) is 4.93. The van der Waals surface area contributed by atoms with Gasteiger partial charge in [0.15, 0.2) is 0 Å². The molecule has 1 fully saturated rings. The van der Waals surface area contributed by atoms with E-state index >= 15 is 0 Å². The van der Waals surface area contributed by atoms with E-state index in [4.69, 9.17) is 5.11 Å². The number of nitrogens with one attached hydrogen (secondary N) is 1. The summed E-state index contributed by atoms with van der Waals surface area (Å²) in [7, 11) is 0. The Kier molecular flexibility index (Phi) is 4.64. The van der Waals surface area contributed by atoms with Crippen LogP contribution in [0.4, 0.5) is 8.78 Å². The minimum atomic E-state index is -3.10. The average molecular weight is 324 g/mol. The molecule has 0 aliphatic carbocycles. The van der Waals surface area contributed by atoms with Crippen molar-refractivity contribution in [1.82, 2.24) is 10.2 Å². The van der Waals surface area contributed by atoms with Crippen molar-refractivity contribution in [2.24, 2.45) is 5.92 Å². The molecule has 2 heterocycles. The van der Waals surface area contributed by atoms with Gasteiger partial charge in [0.05, 0.1) is 6.42 Å². The van der Waals surface area contributed by atoms with Crippen LogP contribution in [0.15, 0.2) is 18.2 Å². The van der Waals surface area contributed by atoms with E-state index in [1.165, 1.54) is 16.0 Å². The molecule has 0 spiro atoms. The number of alkyl halides is 2. The topological polar surface area (TPSA) is 52.6 Å². The van der Waals surface area contributed by atoms with Crippen molar-refractivity contribution in [3.05, 3.63) is 34.9 Å². The number of halogens is 2. The molecule has 0 radical (unpaired) electrons. The smallest absolute Gasteiger partial charge is 0.275 e. The van der Waals surface area contributed by atoms with Gasteiger partial charge < -0.3 is 15.3 Å². The minimum absolute atomic E-state index is 0.0307. The fourth-order valence-corrected chi connectivity index (χ4v) is 3.51. The fraction of sp³-hybridized carbons (Fsp3) is 0.588. The van der Waals surface area contributed by atoms with Crippen molar-refractivity contribution in [3.8, 4) is 0 Å². The van der Waals surface area contributed by atoms with Gasteiger partial charge in [-0.05, 0) is 36.1 Å². The van der Waals surface area contributed by atoms with E-state index < -0.39 is 18.4 Å². The van der Waals surface area contributed by atoms with Crippen molar-refractivity contribution < 1.29 is 18.7 Å². The molecule has 1 amide bonds. The largest absolute Gasteiger partial charge is 0.390 e. The summed E-state index contributed by atoms with van der Waals surface area (Å²) in [5.41, 5.74) is 3.44. The van der Waals surface area contributed by atoms with Gasteiger partial charge in [-0.1, -0.05) is 18.2 Å². The summed E-state index contributed by atoms with van der Waals surface area (Å²) in [5.74, 6) is -4.15. The summed E-state index contributed by atoms with van der Waals surface area (Å²) in [5, 5.41) is 12.1. The molecule has 1 saturated heterocycles. The molecule has 1 aromatic rings. The van der Waals surface area contributed by atoms with E-state index in [0.29, 0.717) is 6.54 Å². The van der Waals surface area contributed by atoms with Crippen LogP contribution < -0.4 is 5.32 Å². The van der Waals surface area contributed by atoms with E-state index in [0.717, 1.165) is 25.1 Å². The van der Waals surface area contributed by atoms with Gasteiger partial charge in [-0.15, -0.1) is 0 Å². The maximum Gasteiger partial charge on any atom is 0.275 e. The molecule has 3 rings (SSSR count). The van der Waals surface area contributed by atoms with Crippen molar-refractivity contribution in [2.45, 2.75) is 31.7 Å². The Bertz CT molecular complexity index is 592. The molecule has 0 saturated carbocycles. The first-order valence-corrected chi connectivity index (χ1v) is 8.08. The Balaban J connectivity index is 1.67. The average Bonchev–Trinajstić information content (AvgIpc) is 3.06. The molecular weight excluding hydrogens is 302 g/mol. The molecule has 6 heteroatoms. The Hall–Kier alpha value is -1.53. The minimum Gasteiger partial charge on any atom is -0.390 e. The number of aliphatic hydroxyl groups is 1. The van der Waals surface area contributed by atoms with E-state index in [-0.39, 0.29) is 25.3 Å². The lowest BCUT2D eigenvalue weighted by Gasteiger charge is -2.23. The van der Waals surface area contributed by atoms with Crippen molar-refractivity contribution in [2.75, 3.05) is 26.2 Å². The summed E-state index contributed by atoms with van der Waals surface area (Å²) < 4.78 is 27.1. The quantitative estimate of drug-likeness (QED) is 0.879. The SMILES string of the molecule is O=C(Cc1cccc2c1CCNC2)N1CCC(C(F)(F)CO)C1. The first kappa shape index (κ1) is 16.3. The van der Waals surface area contributed by atoms with Crippen LogP contribution in [0.3, 0.4) is 0 Å². The molecule has 4 nitrogen and oxygen atoms in total. The molecular formula is C17H22F2N2O2. The van der Waals surface area contributed by atoms with Gasteiger partial charge in [-0.3, -0.25) is 4.79 Å². The molecule has 1 atom stereocenters. The highest BCUT2D eigenvalue weighted by atomic mass is 19.3. The number of hydrogen-bond acceptors (Lipinski definition) is 3. The van der Waals surface area contributed by atoms with Crippen LogP contribution in [0, 0.1) is 5.92 Å². The molecule has 1 aromatic carbocycles. The highest BCUT2D eigenvalue weighted by Crippen LogP contribution is 2.32. The van der Waals surface area contributed by atoms with Crippen LogP contribution in [-0.2, 0) is 24.2 Å². The standard InChI is InChI=1S/C17H22F2N2O2/c18-17(19,11-22)14-5-7-21(10-14)16(23)8-12-2-1-3-13-9-20-6-4-15(12)13/h1-3,14,20,22H,4-11H2. The lowest BCUT2D eigenvalue weighted by Crippen LogP contribution is -2.37. The van der Waals surface area contributed by atoms with Crippen LogP contribution in [0.25, 0.3) is 0 Å². The Labute approximate surface area is 134 Å². The second-order valence-electron chi connectivity index (χ2n) is 6.40. The van der Waals surface area contributed by atoms with E-state index in [1.807, 2.05) is 12.1 Å². The summed E-state index contributed by atoms with van der Waals surface area (Å²) in [6, 6.07) is 5.96.